The maximum Gasteiger partial charge on any atom is 0.0517 e. The van der Waals surface area contributed by atoms with E-state index in [0.29, 0.717) is 11.8 Å². The van der Waals surface area contributed by atoms with Gasteiger partial charge in [-0.05, 0) is 63.7 Å². The molecular formula is C23H39N3. The van der Waals surface area contributed by atoms with Gasteiger partial charge in [0.05, 0.1) is 6.54 Å². The summed E-state index contributed by atoms with van der Waals surface area (Å²) < 4.78 is 0. The van der Waals surface area contributed by atoms with Crippen LogP contribution in [-0.2, 0) is 0 Å². The fraction of sp³-hybridized carbons (Fsp3) is 0.609. The van der Waals surface area contributed by atoms with Crippen LogP contribution >= 0.6 is 0 Å². The highest BCUT2D eigenvalue weighted by Crippen LogP contribution is 2.33. The van der Waals surface area contributed by atoms with Crippen molar-refractivity contribution in [3.63, 3.8) is 0 Å². The Morgan fingerprint density at radius 3 is 2.04 bits per heavy atom. The van der Waals surface area contributed by atoms with Gasteiger partial charge in [0, 0.05) is 29.2 Å². The molecule has 1 aromatic rings. The van der Waals surface area contributed by atoms with Gasteiger partial charge in [-0.25, -0.2) is 0 Å². The van der Waals surface area contributed by atoms with E-state index in [9.17, 15) is 0 Å². The number of aliphatic imine (C=N–C) groups is 1. The first kappa shape index (κ1) is 22.4. The molecule has 0 radical (unpaired) electrons. The summed E-state index contributed by atoms with van der Waals surface area (Å²) in [5, 5.41) is 7.12. The van der Waals surface area contributed by atoms with Gasteiger partial charge in [0.15, 0.2) is 0 Å². The van der Waals surface area contributed by atoms with Crippen LogP contribution in [0.5, 0.6) is 0 Å². The van der Waals surface area contributed by atoms with Gasteiger partial charge in [-0.15, -0.1) is 0 Å². The van der Waals surface area contributed by atoms with Crippen LogP contribution in [0.25, 0.3) is 0 Å². The van der Waals surface area contributed by atoms with Gasteiger partial charge in [0.25, 0.3) is 0 Å². The molecule has 0 saturated heterocycles. The molecule has 0 aromatic heterocycles. The number of hydrogen-bond acceptors (Lipinski definition) is 3. The van der Waals surface area contributed by atoms with E-state index >= 15 is 0 Å². The van der Waals surface area contributed by atoms with E-state index < -0.39 is 0 Å². The summed E-state index contributed by atoms with van der Waals surface area (Å²) in [5.41, 5.74) is 6.32. The summed E-state index contributed by atoms with van der Waals surface area (Å²) in [7, 11) is 0. The predicted molar refractivity (Wildman–Crippen MR) is 118 cm³/mol. The summed E-state index contributed by atoms with van der Waals surface area (Å²) in [5.74, 6) is 0.976. The minimum Gasteiger partial charge on any atom is -0.359 e. The topological polar surface area (TPSA) is 36.4 Å². The molecule has 0 aliphatic heterocycles. The number of nitrogens with zero attached hydrogens (tertiary/aromatic N) is 1. The van der Waals surface area contributed by atoms with Crippen molar-refractivity contribution in [3.05, 3.63) is 41.1 Å². The van der Waals surface area contributed by atoms with Crippen LogP contribution < -0.4 is 10.6 Å². The molecule has 146 valence electrons. The third-order valence-corrected chi connectivity index (χ3v) is 4.25. The Kier molecular flexibility index (Phi) is 8.55. The maximum absolute atomic E-state index is 4.66. The lowest BCUT2D eigenvalue weighted by atomic mass is 9.92. The first-order valence-electron chi connectivity index (χ1n) is 9.85. The average molecular weight is 358 g/mol. The van der Waals surface area contributed by atoms with Crippen LogP contribution in [0.1, 0.15) is 85.3 Å². The van der Waals surface area contributed by atoms with Crippen LogP contribution in [-0.4, -0.2) is 24.3 Å². The predicted octanol–water partition coefficient (Wildman–Crippen LogP) is 6.10. The van der Waals surface area contributed by atoms with E-state index in [0.717, 1.165) is 24.5 Å². The van der Waals surface area contributed by atoms with Crippen molar-refractivity contribution < 1.29 is 0 Å². The van der Waals surface area contributed by atoms with E-state index in [1.165, 1.54) is 16.8 Å². The molecule has 0 unspecified atom stereocenters. The van der Waals surface area contributed by atoms with Gasteiger partial charge in [-0.2, -0.15) is 0 Å². The summed E-state index contributed by atoms with van der Waals surface area (Å²) in [6, 6.07) is 6.63. The van der Waals surface area contributed by atoms with Crippen molar-refractivity contribution >= 4 is 11.4 Å². The molecule has 3 heteroatoms. The third kappa shape index (κ3) is 7.74. The summed E-state index contributed by atoms with van der Waals surface area (Å²) in [4.78, 5) is 4.66. The molecule has 0 atom stereocenters. The molecule has 0 spiro atoms. The van der Waals surface area contributed by atoms with Crippen LogP contribution in [0.4, 0.5) is 5.69 Å². The fourth-order valence-electron chi connectivity index (χ4n) is 2.95. The zero-order valence-corrected chi connectivity index (χ0v) is 18.3. The minimum atomic E-state index is 0.143. The highest BCUT2D eigenvalue weighted by atomic mass is 15.0. The Morgan fingerprint density at radius 1 is 1.04 bits per heavy atom. The quantitative estimate of drug-likeness (QED) is 0.436. The maximum atomic E-state index is 4.66. The normalized spacial score (nSPS) is 13.7. The molecule has 3 nitrogen and oxygen atoms in total. The van der Waals surface area contributed by atoms with Crippen molar-refractivity contribution in [1.82, 2.24) is 5.32 Å². The van der Waals surface area contributed by atoms with Crippen LogP contribution in [0.15, 0.2) is 35.0 Å². The standard InChI is InChI=1S/C23H39N3/c1-16(2)20-11-10-12-21(17(3)4)22(20)26-19(6)15-18(5)24-13-14-25-23(7,8)9/h10-12,15-17,25-26H,13-14H2,1-9H3/b19-15-,24-18?. The molecule has 0 aliphatic carbocycles. The SMILES string of the molecule is CC(/C=C(/C)Nc1c(C(C)C)cccc1C(C)C)=NCCNC(C)(C)C. The highest BCUT2D eigenvalue weighted by molar-refractivity contribution is 5.93. The van der Waals surface area contributed by atoms with E-state index in [2.05, 4.69) is 102 Å². The number of allylic oxidation sites excluding steroid dienone is 2. The summed E-state index contributed by atoms with van der Waals surface area (Å²) in [6.07, 6.45) is 2.14. The molecule has 0 fully saturated rings. The van der Waals surface area contributed by atoms with E-state index in [1.54, 1.807) is 0 Å². The van der Waals surface area contributed by atoms with E-state index in [4.69, 9.17) is 0 Å². The number of rotatable bonds is 8. The Balaban J connectivity index is 2.89. The lowest BCUT2D eigenvalue weighted by Gasteiger charge is -2.21. The average Bonchev–Trinajstić information content (AvgIpc) is 2.50. The zero-order chi connectivity index (χ0) is 19.9. The first-order valence-corrected chi connectivity index (χ1v) is 9.85. The lowest BCUT2D eigenvalue weighted by Crippen LogP contribution is -2.37. The fourth-order valence-corrected chi connectivity index (χ4v) is 2.95. The second-order valence-corrected chi connectivity index (χ2v) is 8.77. The first-order chi connectivity index (χ1) is 12.0. The molecule has 0 amide bonds. The molecule has 1 aromatic carbocycles. The smallest absolute Gasteiger partial charge is 0.0517 e. The molecule has 2 N–H and O–H groups in total. The number of benzene rings is 1. The van der Waals surface area contributed by atoms with Gasteiger partial charge >= 0.3 is 0 Å². The van der Waals surface area contributed by atoms with Crippen molar-refractivity contribution in [2.45, 2.75) is 79.7 Å². The Labute approximate surface area is 161 Å². The van der Waals surface area contributed by atoms with Crippen molar-refractivity contribution in [2.75, 3.05) is 18.4 Å². The van der Waals surface area contributed by atoms with Gasteiger partial charge < -0.3 is 10.6 Å². The Hall–Kier alpha value is -1.61. The largest absolute Gasteiger partial charge is 0.359 e. The van der Waals surface area contributed by atoms with Gasteiger partial charge in [-0.1, -0.05) is 45.9 Å². The van der Waals surface area contributed by atoms with E-state index in [-0.39, 0.29) is 5.54 Å². The Bertz CT molecular complexity index is 605. The summed E-state index contributed by atoms with van der Waals surface area (Å²) in [6.45, 7) is 21.4. The molecule has 0 aliphatic rings. The lowest BCUT2D eigenvalue weighted by molar-refractivity contribution is 0.433. The van der Waals surface area contributed by atoms with Crippen molar-refractivity contribution in [3.8, 4) is 0 Å². The molecule has 26 heavy (non-hydrogen) atoms. The highest BCUT2D eigenvalue weighted by Gasteiger charge is 2.13. The molecule has 1 rings (SSSR count). The van der Waals surface area contributed by atoms with Crippen LogP contribution in [0.2, 0.25) is 0 Å². The monoisotopic (exact) mass is 357 g/mol. The molecule has 0 heterocycles. The van der Waals surface area contributed by atoms with E-state index in [1.807, 2.05) is 0 Å². The zero-order valence-electron chi connectivity index (χ0n) is 18.3. The molecular weight excluding hydrogens is 318 g/mol. The number of nitrogens with one attached hydrogen (secondary N) is 2. The molecule has 0 saturated carbocycles. The van der Waals surface area contributed by atoms with Crippen molar-refractivity contribution in [1.29, 1.82) is 0 Å². The number of anilines is 1. The number of hydrogen-bond donors (Lipinski definition) is 2. The molecule has 0 bridgehead atoms. The second-order valence-electron chi connectivity index (χ2n) is 8.77. The van der Waals surface area contributed by atoms with Crippen LogP contribution in [0.3, 0.4) is 0 Å². The summed E-state index contributed by atoms with van der Waals surface area (Å²) >= 11 is 0. The van der Waals surface area contributed by atoms with Gasteiger partial charge in [0.2, 0.25) is 0 Å². The van der Waals surface area contributed by atoms with Crippen molar-refractivity contribution in [2.24, 2.45) is 4.99 Å². The number of para-hydroxylation sites is 1. The minimum absolute atomic E-state index is 0.143. The van der Waals surface area contributed by atoms with Crippen LogP contribution in [0, 0.1) is 0 Å². The third-order valence-electron chi connectivity index (χ3n) is 4.25. The van der Waals surface area contributed by atoms with Gasteiger partial charge in [0.1, 0.15) is 0 Å². The van der Waals surface area contributed by atoms with Gasteiger partial charge in [-0.3, -0.25) is 4.99 Å². The Morgan fingerprint density at radius 2 is 1.58 bits per heavy atom. The second kappa shape index (κ2) is 9.91.